The predicted octanol–water partition coefficient (Wildman–Crippen LogP) is 2.17. The van der Waals surface area contributed by atoms with Crippen LogP contribution >= 0.6 is 0 Å². The van der Waals surface area contributed by atoms with Gasteiger partial charge in [-0.05, 0) is 18.4 Å². The van der Waals surface area contributed by atoms with Gasteiger partial charge in [-0.25, -0.2) is 4.79 Å². The fourth-order valence-corrected chi connectivity index (χ4v) is 2.12. The lowest BCUT2D eigenvalue weighted by molar-refractivity contribution is -0.145. The van der Waals surface area contributed by atoms with E-state index in [0.29, 0.717) is 19.1 Å². The first-order chi connectivity index (χ1) is 10.1. The van der Waals surface area contributed by atoms with Crippen LogP contribution in [0.2, 0.25) is 0 Å². The first-order valence-corrected chi connectivity index (χ1v) is 7.27. The molecule has 1 fully saturated rings. The molecule has 1 atom stereocenters. The number of amides is 2. The molecule has 0 spiro atoms. The summed E-state index contributed by atoms with van der Waals surface area (Å²) >= 11 is 0. The first-order valence-electron chi connectivity index (χ1n) is 7.27. The number of hydrogen-bond donors (Lipinski definition) is 1. The SMILES string of the molecule is COC(=O)C(C)CN(Cc1ccccc1)C(=O)NC1CC1. The molecule has 0 bridgehead atoms. The van der Waals surface area contributed by atoms with Gasteiger partial charge in [-0.3, -0.25) is 4.79 Å². The molecule has 0 aliphatic heterocycles. The summed E-state index contributed by atoms with van der Waals surface area (Å²) in [5, 5.41) is 2.97. The average Bonchev–Trinajstić information content (AvgIpc) is 3.30. The number of nitrogens with one attached hydrogen (secondary N) is 1. The maximum atomic E-state index is 12.3. The molecule has 0 aromatic heterocycles. The summed E-state index contributed by atoms with van der Waals surface area (Å²) < 4.78 is 4.74. The van der Waals surface area contributed by atoms with Crippen LogP contribution in [0.3, 0.4) is 0 Å². The van der Waals surface area contributed by atoms with Crippen molar-refractivity contribution in [2.75, 3.05) is 13.7 Å². The van der Waals surface area contributed by atoms with Gasteiger partial charge in [0.2, 0.25) is 0 Å². The van der Waals surface area contributed by atoms with E-state index in [2.05, 4.69) is 5.32 Å². The van der Waals surface area contributed by atoms with Crippen LogP contribution in [-0.4, -0.2) is 36.6 Å². The number of carbonyl (C=O) groups is 2. The van der Waals surface area contributed by atoms with E-state index < -0.39 is 0 Å². The van der Waals surface area contributed by atoms with Crippen molar-refractivity contribution in [3.05, 3.63) is 35.9 Å². The summed E-state index contributed by atoms with van der Waals surface area (Å²) in [4.78, 5) is 25.6. The summed E-state index contributed by atoms with van der Waals surface area (Å²) in [6, 6.07) is 9.95. The lowest BCUT2D eigenvalue weighted by atomic mass is 10.1. The zero-order chi connectivity index (χ0) is 15.2. The van der Waals surface area contributed by atoms with Gasteiger partial charge in [0.25, 0.3) is 0 Å². The molecule has 1 aliphatic carbocycles. The van der Waals surface area contributed by atoms with E-state index in [-0.39, 0.29) is 17.9 Å². The summed E-state index contributed by atoms with van der Waals surface area (Å²) in [5.74, 6) is -0.643. The molecular weight excluding hydrogens is 268 g/mol. The zero-order valence-electron chi connectivity index (χ0n) is 12.5. The molecule has 0 heterocycles. The molecule has 0 saturated heterocycles. The summed E-state index contributed by atoms with van der Waals surface area (Å²) in [6.07, 6.45) is 2.08. The summed E-state index contributed by atoms with van der Waals surface area (Å²) in [5.41, 5.74) is 1.04. The van der Waals surface area contributed by atoms with Crippen LogP contribution in [0.1, 0.15) is 25.3 Å². The van der Waals surface area contributed by atoms with Crippen LogP contribution in [-0.2, 0) is 16.1 Å². The quantitative estimate of drug-likeness (QED) is 0.817. The van der Waals surface area contributed by atoms with Crippen molar-refractivity contribution in [1.82, 2.24) is 10.2 Å². The number of esters is 1. The largest absolute Gasteiger partial charge is 0.469 e. The van der Waals surface area contributed by atoms with Gasteiger partial charge in [0, 0.05) is 19.1 Å². The topological polar surface area (TPSA) is 58.6 Å². The molecule has 21 heavy (non-hydrogen) atoms. The number of nitrogens with zero attached hydrogens (tertiary/aromatic N) is 1. The van der Waals surface area contributed by atoms with E-state index >= 15 is 0 Å². The Labute approximate surface area is 125 Å². The monoisotopic (exact) mass is 290 g/mol. The van der Waals surface area contributed by atoms with Crippen molar-refractivity contribution in [1.29, 1.82) is 0 Å². The smallest absolute Gasteiger partial charge is 0.317 e. The Balaban J connectivity index is 2.01. The number of carbonyl (C=O) groups excluding carboxylic acids is 2. The van der Waals surface area contributed by atoms with Crippen molar-refractivity contribution in [3.8, 4) is 0 Å². The highest BCUT2D eigenvalue weighted by Gasteiger charge is 2.27. The molecule has 1 aromatic carbocycles. The third-order valence-electron chi connectivity index (χ3n) is 3.51. The minimum Gasteiger partial charge on any atom is -0.469 e. The van der Waals surface area contributed by atoms with E-state index in [4.69, 9.17) is 4.74 Å². The van der Waals surface area contributed by atoms with Gasteiger partial charge >= 0.3 is 12.0 Å². The van der Waals surface area contributed by atoms with E-state index in [0.717, 1.165) is 18.4 Å². The number of benzene rings is 1. The van der Waals surface area contributed by atoms with Gasteiger partial charge in [0.05, 0.1) is 13.0 Å². The Kier molecular flexibility index (Phi) is 5.20. The second-order valence-electron chi connectivity index (χ2n) is 5.51. The van der Waals surface area contributed by atoms with Crippen molar-refractivity contribution < 1.29 is 14.3 Å². The Morgan fingerprint density at radius 1 is 1.33 bits per heavy atom. The van der Waals surface area contributed by atoms with Gasteiger partial charge in [0.1, 0.15) is 0 Å². The van der Waals surface area contributed by atoms with Gasteiger partial charge in [-0.15, -0.1) is 0 Å². The van der Waals surface area contributed by atoms with Crippen molar-refractivity contribution in [3.63, 3.8) is 0 Å². The molecule has 2 rings (SSSR count). The highest BCUT2D eigenvalue weighted by Crippen LogP contribution is 2.19. The normalized spacial score (nSPS) is 15.1. The highest BCUT2D eigenvalue weighted by atomic mass is 16.5. The lowest BCUT2D eigenvalue weighted by Crippen LogP contribution is -2.43. The van der Waals surface area contributed by atoms with E-state index in [1.165, 1.54) is 7.11 Å². The molecule has 1 aliphatic rings. The molecule has 5 heteroatoms. The van der Waals surface area contributed by atoms with Crippen molar-refractivity contribution in [2.45, 2.75) is 32.4 Å². The third kappa shape index (κ3) is 4.77. The molecule has 5 nitrogen and oxygen atoms in total. The van der Waals surface area contributed by atoms with Gasteiger partial charge < -0.3 is 15.0 Å². The highest BCUT2D eigenvalue weighted by molar-refractivity contribution is 5.77. The number of ether oxygens (including phenoxy) is 1. The summed E-state index contributed by atoms with van der Waals surface area (Å²) in [7, 11) is 1.37. The van der Waals surface area contributed by atoms with Gasteiger partial charge in [-0.2, -0.15) is 0 Å². The maximum absolute atomic E-state index is 12.3. The molecule has 1 unspecified atom stereocenters. The molecule has 1 aromatic rings. The molecule has 2 amide bonds. The first kappa shape index (κ1) is 15.4. The molecular formula is C16H22N2O3. The van der Waals surface area contributed by atoms with Crippen LogP contribution in [0.15, 0.2) is 30.3 Å². The van der Waals surface area contributed by atoms with Crippen LogP contribution in [0.25, 0.3) is 0 Å². The Hall–Kier alpha value is -2.04. The molecule has 0 radical (unpaired) electrons. The van der Waals surface area contributed by atoms with Crippen LogP contribution in [0.4, 0.5) is 4.79 Å². The number of rotatable bonds is 6. The second-order valence-corrected chi connectivity index (χ2v) is 5.51. The van der Waals surface area contributed by atoms with Gasteiger partial charge in [-0.1, -0.05) is 37.3 Å². The standard InChI is InChI=1S/C16H22N2O3/c1-12(15(19)21-2)10-18(16(20)17-14-8-9-14)11-13-6-4-3-5-7-13/h3-7,12,14H,8-11H2,1-2H3,(H,17,20). The van der Waals surface area contributed by atoms with E-state index in [1.54, 1.807) is 11.8 Å². The third-order valence-corrected chi connectivity index (χ3v) is 3.51. The summed E-state index contributed by atoms with van der Waals surface area (Å²) in [6.45, 7) is 2.61. The van der Waals surface area contributed by atoms with E-state index in [1.807, 2.05) is 30.3 Å². The lowest BCUT2D eigenvalue weighted by Gasteiger charge is -2.25. The van der Waals surface area contributed by atoms with Crippen LogP contribution in [0.5, 0.6) is 0 Å². The van der Waals surface area contributed by atoms with E-state index in [9.17, 15) is 9.59 Å². The Morgan fingerprint density at radius 2 is 2.00 bits per heavy atom. The number of urea groups is 1. The Morgan fingerprint density at radius 3 is 2.57 bits per heavy atom. The van der Waals surface area contributed by atoms with Crippen molar-refractivity contribution >= 4 is 12.0 Å². The number of hydrogen-bond acceptors (Lipinski definition) is 3. The van der Waals surface area contributed by atoms with Crippen LogP contribution < -0.4 is 5.32 Å². The zero-order valence-corrected chi connectivity index (χ0v) is 12.5. The predicted molar refractivity (Wildman–Crippen MR) is 79.6 cm³/mol. The fraction of sp³-hybridized carbons (Fsp3) is 0.500. The fourth-order valence-electron chi connectivity index (χ4n) is 2.12. The van der Waals surface area contributed by atoms with Crippen molar-refractivity contribution in [2.24, 2.45) is 5.92 Å². The van der Waals surface area contributed by atoms with Crippen LogP contribution in [0, 0.1) is 5.92 Å². The maximum Gasteiger partial charge on any atom is 0.317 e. The number of methoxy groups -OCH3 is 1. The van der Waals surface area contributed by atoms with Gasteiger partial charge in [0.15, 0.2) is 0 Å². The molecule has 1 saturated carbocycles. The molecule has 114 valence electrons. The minimum atomic E-state index is -0.344. The Bertz CT molecular complexity index is 486. The average molecular weight is 290 g/mol. The minimum absolute atomic E-state index is 0.114. The molecule has 1 N–H and O–H groups in total. The second kappa shape index (κ2) is 7.11.